The van der Waals surface area contributed by atoms with Crippen molar-refractivity contribution in [2.45, 2.75) is 51.5 Å². The lowest BCUT2D eigenvalue weighted by molar-refractivity contribution is -0.126. The third-order valence-electron chi connectivity index (χ3n) is 6.96. The van der Waals surface area contributed by atoms with E-state index in [1.807, 2.05) is 37.3 Å². The van der Waals surface area contributed by atoms with Crippen LogP contribution in [-0.4, -0.2) is 49.8 Å². The van der Waals surface area contributed by atoms with Crippen LogP contribution in [0, 0.1) is 11.8 Å². The van der Waals surface area contributed by atoms with E-state index in [-0.39, 0.29) is 52.5 Å². The van der Waals surface area contributed by atoms with Gasteiger partial charge in [-0.2, -0.15) is 0 Å². The van der Waals surface area contributed by atoms with Gasteiger partial charge in [0, 0.05) is 30.3 Å². The number of esters is 1. The molecule has 10 heteroatoms. The van der Waals surface area contributed by atoms with E-state index < -0.39 is 12.6 Å². The molecule has 2 unspecified atom stereocenters. The Morgan fingerprint density at radius 1 is 1.00 bits per heavy atom. The highest BCUT2D eigenvalue weighted by Gasteiger charge is 2.22. The minimum Gasteiger partial charge on any atom is -0.454 e. The lowest BCUT2D eigenvalue weighted by Crippen LogP contribution is -2.39. The molecule has 216 valence electrons. The molecule has 0 aromatic heterocycles. The summed E-state index contributed by atoms with van der Waals surface area (Å²) < 4.78 is 5.14. The van der Waals surface area contributed by atoms with Gasteiger partial charge in [0.05, 0.1) is 16.6 Å². The lowest BCUT2D eigenvalue weighted by Gasteiger charge is -2.23. The molecule has 8 nitrogen and oxygen atoms in total. The number of piperidine rings is 1. The Bertz CT molecular complexity index is 1160. The topological polar surface area (TPSA) is 114 Å². The van der Waals surface area contributed by atoms with E-state index in [1.54, 1.807) is 6.07 Å². The number of rotatable bonds is 14. The molecule has 3 rings (SSSR count). The van der Waals surface area contributed by atoms with Crippen LogP contribution >= 0.6 is 23.2 Å². The van der Waals surface area contributed by atoms with Gasteiger partial charge in [0.15, 0.2) is 5.78 Å². The summed E-state index contributed by atoms with van der Waals surface area (Å²) in [7, 11) is 0. The molecule has 0 bridgehead atoms. The standard InChI is InChI=1S/C30H37Cl2N3O5/c1-20(18-34-29(38)22-13-15-33-16-14-22)7-12-28(37)35-27(21-5-3-2-4-6-21)11-9-24(36)19-40-30(39)25-17-23(31)8-10-26(25)32/h2-6,8,10,17,20,22,27,33H,7,9,11-16,18-19H2,1H3,(H,34,38)(H,35,37). The SMILES string of the molecule is CC(CCC(=O)NC(CCC(=O)COC(=O)c1cc(Cl)ccc1Cl)c1ccccc1)CNC(=O)C1CCNCC1. The van der Waals surface area contributed by atoms with E-state index >= 15 is 0 Å². The minimum atomic E-state index is -0.727. The number of Topliss-reactive ketones (excluding diaryl/α,β-unsaturated/α-hetero) is 1. The molecule has 3 N–H and O–H groups in total. The number of ketones is 1. The van der Waals surface area contributed by atoms with Gasteiger partial charge in [0.25, 0.3) is 0 Å². The third kappa shape index (κ3) is 10.6. The van der Waals surface area contributed by atoms with Crippen molar-refractivity contribution < 1.29 is 23.9 Å². The second kappa shape index (κ2) is 16.4. The summed E-state index contributed by atoms with van der Waals surface area (Å²) in [4.78, 5) is 50.0. The Balaban J connectivity index is 1.44. The van der Waals surface area contributed by atoms with Gasteiger partial charge in [-0.15, -0.1) is 0 Å². The first-order valence-electron chi connectivity index (χ1n) is 13.7. The van der Waals surface area contributed by atoms with Gasteiger partial charge < -0.3 is 20.7 Å². The summed E-state index contributed by atoms with van der Waals surface area (Å²) in [5, 5.41) is 9.84. The Labute approximate surface area is 245 Å². The molecule has 0 spiro atoms. The Morgan fingerprint density at radius 2 is 1.73 bits per heavy atom. The van der Waals surface area contributed by atoms with E-state index in [2.05, 4.69) is 16.0 Å². The fourth-order valence-electron chi connectivity index (χ4n) is 4.51. The van der Waals surface area contributed by atoms with E-state index in [0.29, 0.717) is 30.8 Å². The monoisotopic (exact) mass is 589 g/mol. The van der Waals surface area contributed by atoms with Crippen molar-refractivity contribution in [2.75, 3.05) is 26.2 Å². The molecule has 2 aromatic rings. The van der Waals surface area contributed by atoms with Crippen LogP contribution in [0.2, 0.25) is 10.0 Å². The first-order valence-corrected chi connectivity index (χ1v) is 14.4. The van der Waals surface area contributed by atoms with Crippen molar-refractivity contribution in [3.8, 4) is 0 Å². The zero-order chi connectivity index (χ0) is 28.9. The molecule has 0 aliphatic carbocycles. The van der Waals surface area contributed by atoms with Crippen molar-refractivity contribution in [1.29, 1.82) is 0 Å². The zero-order valence-corrected chi connectivity index (χ0v) is 24.2. The maximum Gasteiger partial charge on any atom is 0.340 e. The Kier molecular flexibility index (Phi) is 12.9. The third-order valence-corrected chi connectivity index (χ3v) is 7.53. The van der Waals surface area contributed by atoms with Crippen molar-refractivity contribution in [1.82, 2.24) is 16.0 Å². The van der Waals surface area contributed by atoms with Gasteiger partial charge in [-0.05, 0) is 68.5 Å². The highest BCUT2D eigenvalue weighted by Crippen LogP contribution is 2.22. The minimum absolute atomic E-state index is 0.0595. The molecule has 1 aliphatic rings. The summed E-state index contributed by atoms with van der Waals surface area (Å²) >= 11 is 11.9. The predicted octanol–water partition coefficient (Wildman–Crippen LogP) is 4.89. The summed E-state index contributed by atoms with van der Waals surface area (Å²) in [6, 6.07) is 13.5. The average Bonchev–Trinajstić information content (AvgIpc) is 2.97. The molecule has 1 aliphatic heterocycles. The van der Waals surface area contributed by atoms with Crippen LogP contribution in [0.1, 0.15) is 67.4 Å². The molecule has 0 saturated carbocycles. The van der Waals surface area contributed by atoms with E-state index in [9.17, 15) is 19.2 Å². The summed E-state index contributed by atoms with van der Waals surface area (Å²) in [5.41, 5.74) is 0.977. The number of amides is 2. The van der Waals surface area contributed by atoms with Crippen molar-refractivity contribution in [2.24, 2.45) is 11.8 Å². The van der Waals surface area contributed by atoms with Crippen molar-refractivity contribution in [3.63, 3.8) is 0 Å². The Morgan fingerprint density at radius 3 is 2.45 bits per heavy atom. The summed E-state index contributed by atoms with van der Waals surface area (Å²) in [5.74, 6) is -0.831. The van der Waals surface area contributed by atoms with Gasteiger partial charge in [0.2, 0.25) is 11.8 Å². The van der Waals surface area contributed by atoms with Crippen molar-refractivity contribution in [3.05, 3.63) is 69.7 Å². The van der Waals surface area contributed by atoms with Crippen LogP contribution in [-0.2, 0) is 19.1 Å². The lowest BCUT2D eigenvalue weighted by atomic mass is 9.96. The largest absolute Gasteiger partial charge is 0.454 e. The normalized spacial score (nSPS) is 15.1. The molecule has 2 amide bonds. The maximum absolute atomic E-state index is 12.8. The number of ether oxygens (including phenoxy) is 1. The van der Waals surface area contributed by atoms with Gasteiger partial charge in [0.1, 0.15) is 6.61 Å². The van der Waals surface area contributed by atoms with Gasteiger partial charge in [-0.1, -0.05) is 60.5 Å². The van der Waals surface area contributed by atoms with E-state index in [0.717, 1.165) is 31.5 Å². The second-order valence-corrected chi connectivity index (χ2v) is 11.1. The van der Waals surface area contributed by atoms with Crippen LogP contribution in [0.5, 0.6) is 0 Å². The van der Waals surface area contributed by atoms with Crippen molar-refractivity contribution >= 4 is 46.8 Å². The molecular weight excluding hydrogens is 553 g/mol. The first kappa shape index (κ1) is 31.6. The van der Waals surface area contributed by atoms with E-state index in [1.165, 1.54) is 12.1 Å². The maximum atomic E-state index is 12.8. The smallest absolute Gasteiger partial charge is 0.340 e. The summed E-state index contributed by atoms with van der Waals surface area (Å²) in [6.45, 7) is 3.88. The molecule has 1 heterocycles. The number of hydrogen-bond acceptors (Lipinski definition) is 6. The number of hydrogen-bond donors (Lipinski definition) is 3. The quantitative estimate of drug-likeness (QED) is 0.270. The number of benzene rings is 2. The van der Waals surface area contributed by atoms with Crippen LogP contribution < -0.4 is 16.0 Å². The van der Waals surface area contributed by atoms with Crippen LogP contribution in [0.15, 0.2) is 48.5 Å². The fraction of sp³-hybridized carbons (Fsp3) is 0.467. The van der Waals surface area contributed by atoms with Crippen LogP contribution in [0.4, 0.5) is 0 Å². The zero-order valence-electron chi connectivity index (χ0n) is 22.7. The van der Waals surface area contributed by atoms with Crippen LogP contribution in [0.25, 0.3) is 0 Å². The van der Waals surface area contributed by atoms with E-state index in [4.69, 9.17) is 27.9 Å². The number of halogens is 2. The summed E-state index contributed by atoms with van der Waals surface area (Å²) in [6.07, 6.45) is 3.09. The average molecular weight is 591 g/mol. The number of carbonyl (C=O) groups excluding carboxylic acids is 4. The fourth-order valence-corrected chi connectivity index (χ4v) is 4.88. The van der Waals surface area contributed by atoms with Gasteiger partial charge in [-0.3, -0.25) is 14.4 Å². The molecule has 2 atom stereocenters. The number of carbonyl (C=O) groups is 4. The molecule has 2 aromatic carbocycles. The van der Waals surface area contributed by atoms with Gasteiger partial charge >= 0.3 is 5.97 Å². The Hall–Kier alpha value is -2.94. The first-order chi connectivity index (χ1) is 19.2. The highest BCUT2D eigenvalue weighted by atomic mass is 35.5. The second-order valence-electron chi connectivity index (χ2n) is 10.2. The molecule has 0 radical (unpaired) electrons. The molecule has 40 heavy (non-hydrogen) atoms. The predicted molar refractivity (Wildman–Crippen MR) is 155 cm³/mol. The number of nitrogens with one attached hydrogen (secondary N) is 3. The van der Waals surface area contributed by atoms with Crippen LogP contribution in [0.3, 0.4) is 0 Å². The highest BCUT2D eigenvalue weighted by molar-refractivity contribution is 6.35. The van der Waals surface area contributed by atoms with Gasteiger partial charge in [-0.25, -0.2) is 4.79 Å². The molecule has 1 fully saturated rings. The molecule has 1 saturated heterocycles. The molecular formula is C30H37Cl2N3O5.